The number of carboxylic acid groups (broad SMARTS) is 1. The standard InChI is InChI=1S/C14H10O4.C13H8O4.C8H7BrO3.C6H6O2.CH4.BBr2/c1-17-9-3-5-10-11-4-2-8(15)6-13(11)18-14(16)12(10)7-9;14-7-1-3-9-10-4-2-8(15)6-12(10)17-13(16)11(9)5-7;1-12-5-2-3-7(9)6(4-5)8(10)11;7-5-2-1-3-6(8)4-5;;2-1-3/h2-7,15H,1H3;1-6,14-15H;2-4H,1H3,(H,10,11);1-4,7-8H;1H4;. The van der Waals surface area contributed by atoms with Crippen LogP contribution in [0, 0.1) is 0 Å². The first-order valence-electron chi connectivity index (χ1n) is 16.4. The molecule has 8 aromatic rings. The summed E-state index contributed by atoms with van der Waals surface area (Å²) in [5.74, 6) is 0.472. The predicted octanol–water partition coefficient (Wildman–Crippen LogP) is 10.2. The Morgan fingerprint density at radius 1 is 0.542 bits per heavy atom. The molecule has 0 saturated heterocycles. The lowest BCUT2D eigenvalue weighted by molar-refractivity contribution is 0.0695. The summed E-state index contributed by atoms with van der Waals surface area (Å²) in [6.07, 6.45) is 0. The molecule has 6 aromatic carbocycles. The summed E-state index contributed by atoms with van der Waals surface area (Å²) in [4.78, 5) is 35.8. The fourth-order valence-electron chi connectivity index (χ4n) is 5.22. The molecule has 0 atom stereocenters. The first-order chi connectivity index (χ1) is 27.7. The third-order valence-corrected chi connectivity index (χ3v) is 8.51. The number of fused-ring (bicyclic) bond motifs is 6. The molecule has 59 heavy (non-hydrogen) atoms. The van der Waals surface area contributed by atoms with E-state index in [9.17, 15) is 29.7 Å². The largest absolute Gasteiger partial charge is 0.508 e. The van der Waals surface area contributed by atoms with E-state index in [0.29, 0.717) is 43.3 Å². The molecule has 2 heterocycles. The Morgan fingerprint density at radius 2 is 0.932 bits per heavy atom. The molecule has 13 nitrogen and oxygen atoms in total. The van der Waals surface area contributed by atoms with Crippen molar-refractivity contribution in [1.82, 2.24) is 0 Å². The van der Waals surface area contributed by atoms with Gasteiger partial charge < -0.3 is 48.9 Å². The van der Waals surface area contributed by atoms with Crippen LogP contribution in [0.5, 0.6) is 40.2 Å². The average molecular weight is 998 g/mol. The fourth-order valence-corrected chi connectivity index (χ4v) is 5.64. The third-order valence-electron chi connectivity index (χ3n) is 7.82. The molecule has 0 aliphatic rings. The molecule has 0 aliphatic heterocycles. The minimum Gasteiger partial charge on any atom is -0.508 e. The smallest absolute Gasteiger partial charge is 0.344 e. The van der Waals surface area contributed by atoms with Crippen LogP contribution < -0.4 is 20.7 Å². The number of hydrogen-bond donors (Lipinski definition) is 6. The van der Waals surface area contributed by atoms with Crippen molar-refractivity contribution in [3.05, 3.63) is 146 Å². The molecule has 1 radical (unpaired) electrons. The van der Waals surface area contributed by atoms with Crippen LogP contribution in [0.4, 0.5) is 0 Å². The van der Waals surface area contributed by atoms with Gasteiger partial charge in [-0.3, -0.25) is 0 Å². The number of methoxy groups -OCH3 is 2. The first-order valence-corrected chi connectivity index (χ1v) is 19.0. The Hall–Kier alpha value is -6.17. The highest BCUT2D eigenvalue weighted by Gasteiger charge is 2.11. The number of rotatable bonds is 3. The number of aromatic hydroxyl groups is 5. The maximum absolute atomic E-state index is 11.9. The Labute approximate surface area is 361 Å². The highest BCUT2D eigenvalue weighted by atomic mass is 79.9. The van der Waals surface area contributed by atoms with Gasteiger partial charge in [-0.15, -0.1) is 31.5 Å². The number of halogens is 3. The van der Waals surface area contributed by atoms with Gasteiger partial charge in [0, 0.05) is 44.2 Å². The van der Waals surface area contributed by atoms with E-state index in [1.807, 2.05) is 6.07 Å². The second kappa shape index (κ2) is 22.1. The quantitative estimate of drug-likeness (QED) is 0.0552. The number of benzene rings is 6. The van der Waals surface area contributed by atoms with Crippen molar-refractivity contribution < 1.29 is 53.7 Å². The molecule has 0 amide bonds. The molecule has 0 spiro atoms. The van der Waals surface area contributed by atoms with Crippen LogP contribution in [-0.2, 0) is 0 Å². The van der Waals surface area contributed by atoms with Gasteiger partial charge in [-0.2, -0.15) is 0 Å². The summed E-state index contributed by atoms with van der Waals surface area (Å²) in [6.45, 7) is 0. The number of hydrogen-bond acceptors (Lipinski definition) is 12. The van der Waals surface area contributed by atoms with Crippen molar-refractivity contribution in [3.8, 4) is 40.2 Å². The van der Waals surface area contributed by atoms with E-state index in [0.717, 1.165) is 16.2 Å². The summed E-state index contributed by atoms with van der Waals surface area (Å²) in [6, 6.07) is 29.7. The van der Waals surface area contributed by atoms with Crippen molar-refractivity contribution in [3.63, 3.8) is 0 Å². The zero-order valence-electron chi connectivity index (χ0n) is 30.2. The van der Waals surface area contributed by atoms with Gasteiger partial charge in [0.25, 0.3) is 4.93 Å². The second-order valence-electron chi connectivity index (χ2n) is 11.5. The van der Waals surface area contributed by atoms with Gasteiger partial charge in [-0.25, -0.2) is 14.4 Å². The molecule has 0 fully saturated rings. The van der Waals surface area contributed by atoms with Crippen molar-refractivity contribution in [2.75, 3.05) is 14.2 Å². The molecule has 0 unspecified atom stereocenters. The number of phenolic OH excluding ortho intramolecular Hbond substituents is 5. The molecule has 8 rings (SSSR count). The van der Waals surface area contributed by atoms with E-state index in [1.165, 1.54) is 61.7 Å². The lowest BCUT2D eigenvalue weighted by Crippen LogP contribution is -2.00. The Balaban J connectivity index is 0.000000212. The summed E-state index contributed by atoms with van der Waals surface area (Å²) < 4.78 is 20.8. The van der Waals surface area contributed by atoms with E-state index < -0.39 is 17.2 Å². The molecule has 0 bridgehead atoms. The lowest BCUT2D eigenvalue weighted by Gasteiger charge is -2.04. The third kappa shape index (κ3) is 12.7. The second-order valence-corrected chi connectivity index (χ2v) is 14.5. The van der Waals surface area contributed by atoms with E-state index in [4.69, 9.17) is 33.6 Å². The zero-order chi connectivity index (χ0) is 42.5. The molecular weight excluding hydrogens is 963 g/mol. The average Bonchev–Trinajstić information content (AvgIpc) is 3.19. The number of phenols is 5. The van der Waals surface area contributed by atoms with E-state index >= 15 is 0 Å². The number of carbonyl (C=O) groups is 1. The van der Waals surface area contributed by atoms with Crippen LogP contribution in [0.3, 0.4) is 0 Å². The van der Waals surface area contributed by atoms with Gasteiger partial charge in [0.2, 0.25) is 0 Å². The molecule has 2 aromatic heterocycles. The summed E-state index contributed by atoms with van der Waals surface area (Å²) in [5.41, 5.74) is -0.0730. The van der Waals surface area contributed by atoms with Crippen LogP contribution in [0.1, 0.15) is 17.8 Å². The SMILES string of the molecule is Br[B]Br.C.COc1ccc(Br)c(C(=O)O)c1.COc1ccc2c(c1)c(=O)oc1cc(O)ccc12.O=c1oc2cc(O)ccc2c2ccc(O)cc12.Oc1cccc(O)c1. The van der Waals surface area contributed by atoms with Gasteiger partial charge in [-0.1, -0.05) is 13.5 Å². The molecule has 0 aliphatic carbocycles. The fraction of sp³-hybridized carbons (Fsp3) is 0.0714. The number of aromatic carboxylic acids is 1. The summed E-state index contributed by atoms with van der Waals surface area (Å²) in [7, 11) is 3.04. The molecule has 305 valence electrons. The summed E-state index contributed by atoms with van der Waals surface area (Å²) in [5, 5.41) is 57.8. The van der Waals surface area contributed by atoms with Gasteiger partial charge in [-0.05, 0) is 107 Å². The maximum Gasteiger partial charge on any atom is 0.344 e. The van der Waals surface area contributed by atoms with Crippen molar-refractivity contribution in [2.24, 2.45) is 0 Å². The normalized spacial score (nSPS) is 9.92. The monoisotopic (exact) mass is 995 g/mol. The molecular formula is C42H35BBr3O13. The molecule has 0 saturated carbocycles. The number of ether oxygens (including phenoxy) is 2. The van der Waals surface area contributed by atoms with Gasteiger partial charge in [0.1, 0.15) is 51.4 Å². The number of carboxylic acids is 1. The van der Waals surface area contributed by atoms with E-state index in [2.05, 4.69) is 47.4 Å². The first kappa shape index (κ1) is 47.2. The highest BCUT2D eigenvalue weighted by molar-refractivity contribution is 9.47. The van der Waals surface area contributed by atoms with Crippen molar-refractivity contribution >= 4 is 102 Å². The van der Waals surface area contributed by atoms with Gasteiger partial charge in [0.15, 0.2) is 0 Å². The minimum atomic E-state index is -0.972. The Bertz CT molecular complexity index is 2810. The molecule has 17 heteroatoms. The van der Waals surface area contributed by atoms with Crippen molar-refractivity contribution in [2.45, 2.75) is 7.43 Å². The highest BCUT2D eigenvalue weighted by Crippen LogP contribution is 2.29. The van der Waals surface area contributed by atoms with Crippen LogP contribution in [0.25, 0.3) is 43.5 Å². The molecule has 6 N–H and O–H groups in total. The Kier molecular flexibility index (Phi) is 17.7. The van der Waals surface area contributed by atoms with Crippen molar-refractivity contribution in [1.29, 1.82) is 0 Å². The predicted molar refractivity (Wildman–Crippen MR) is 239 cm³/mol. The lowest BCUT2D eigenvalue weighted by atomic mass is 10.1. The summed E-state index contributed by atoms with van der Waals surface area (Å²) >= 11 is 9.00. The zero-order valence-corrected chi connectivity index (χ0v) is 35.0. The van der Waals surface area contributed by atoms with E-state index in [1.54, 1.807) is 66.6 Å². The van der Waals surface area contributed by atoms with Crippen LogP contribution in [-0.4, -0.2) is 55.8 Å². The minimum absolute atomic E-state index is 0. The van der Waals surface area contributed by atoms with Crippen LogP contribution >= 0.6 is 47.4 Å². The Morgan fingerprint density at radius 3 is 1.37 bits per heavy atom. The topological polar surface area (TPSA) is 217 Å². The van der Waals surface area contributed by atoms with Crippen LogP contribution in [0.15, 0.2) is 138 Å². The van der Waals surface area contributed by atoms with Gasteiger partial charge in [0.05, 0.1) is 30.6 Å². The van der Waals surface area contributed by atoms with E-state index in [-0.39, 0.29) is 41.7 Å². The van der Waals surface area contributed by atoms with Crippen LogP contribution in [0.2, 0.25) is 0 Å². The maximum atomic E-state index is 11.9. The van der Waals surface area contributed by atoms with Gasteiger partial charge >= 0.3 is 17.2 Å².